The maximum absolute atomic E-state index is 12.5. The molecule has 4 heteroatoms. The van der Waals surface area contributed by atoms with E-state index in [1.807, 2.05) is 20.8 Å². The summed E-state index contributed by atoms with van der Waals surface area (Å²) >= 11 is 0. The number of hydrogen-bond donors (Lipinski definition) is 1. The Hall–Kier alpha value is -1.06. The van der Waals surface area contributed by atoms with Gasteiger partial charge < -0.3 is 10.2 Å². The number of nitrogens with zero attached hydrogens (tertiary/aromatic N) is 1. The van der Waals surface area contributed by atoms with Crippen LogP contribution in [0.15, 0.2) is 0 Å². The zero-order valence-corrected chi connectivity index (χ0v) is 12.7. The van der Waals surface area contributed by atoms with Gasteiger partial charge in [0.2, 0.25) is 11.8 Å². The van der Waals surface area contributed by atoms with E-state index in [0.29, 0.717) is 6.54 Å². The molecule has 0 spiro atoms. The fraction of sp³-hybridized carbons (Fsp3) is 0.867. The first kappa shape index (κ1) is 16.0. The molecule has 0 saturated carbocycles. The summed E-state index contributed by atoms with van der Waals surface area (Å²) in [5.74, 6) is 0.278. The smallest absolute Gasteiger partial charge is 0.246 e. The molecule has 2 amide bonds. The second-order valence-corrected chi connectivity index (χ2v) is 5.64. The van der Waals surface area contributed by atoms with Crippen LogP contribution in [0.2, 0.25) is 0 Å². The van der Waals surface area contributed by atoms with Crippen molar-refractivity contribution in [1.29, 1.82) is 0 Å². The van der Waals surface area contributed by atoms with Crippen LogP contribution in [0.5, 0.6) is 0 Å². The van der Waals surface area contributed by atoms with Gasteiger partial charge in [0.25, 0.3) is 0 Å². The third-order valence-electron chi connectivity index (χ3n) is 4.16. The minimum atomic E-state index is -0.333. The summed E-state index contributed by atoms with van der Waals surface area (Å²) in [5, 5.41) is 2.87. The average molecular weight is 268 g/mol. The summed E-state index contributed by atoms with van der Waals surface area (Å²) in [6, 6.07) is -0.658. The maximum atomic E-state index is 12.5. The quantitative estimate of drug-likeness (QED) is 0.720. The third-order valence-corrected chi connectivity index (χ3v) is 4.16. The lowest BCUT2D eigenvalue weighted by atomic mass is 9.94. The van der Waals surface area contributed by atoms with Crippen LogP contribution in [-0.2, 0) is 9.59 Å². The highest BCUT2D eigenvalue weighted by atomic mass is 16.2. The summed E-state index contributed by atoms with van der Waals surface area (Å²) < 4.78 is 0. The van der Waals surface area contributed by atoms with Crippen molar-refractivity contribution in [3.05, 3.63) is 0 Å². The first-order valence-electron chi connectivity index (χ1n) is 7.63. The highest BCUT2D eigenvalue weighted by Gasteiger charge is 2.39. The Morgan fingerprint density at radius 2 is 1.89 bits per heavy atom. The monoisotopic (exact) mass is 268 g/mol. The van der Waals surface area contributed by atoms with Crippen LogP contribution in [0.3, 0.4) is 0 Å². The predicted molar refractivity (Wildman–Crippen MR) is 76.7 cm³/mol. The van der Waals surface area contributed by atoms with E-state index in [2.05, 4.69) is 12.2 Å². The van der Waals surface area contributed by atoms with Gasteiger partial charge in [-0.15, -0.1) is 0 Å². The van der Waals surface area contributed by atoms with Gasteiger partial charge in [-0.3, -0.25) is 9.59 Å². The van der Waals surface area contributed by atoms with Gasteiger partial charge in [0.15, 0.2) is 0 Å². The Morgan fingerprint density at radius 1 is 1.21 bits per heavy atom. The van der Waals surface area contributed by atoms with Crippen LogP contribution in [-0.4, -0.2) is 35.3 Å². The summed E-state index contributed by atoms with van der Waals surface area (Å²) in [4.78, 5) is 26.2. The number of hydrogen-bond acceptors (Lipinski definition) is 2. The second-order valence-electron chi connectivity index (χ2n) is 5.64. The summed E-state index contributed by atoms with van der Waals surface area (Å²) in [6.45, 7) is 8.77. The molecule has 0 aliphatic carbocycles. The van der Waals surface area contributed by atoms with Crippen molar-refractivity contribution < 1.29 is 9.59 Å². The number of carbonyl (C=O) groups excluding carboxylic acids is 2. The molecule has 0 aromatic carbocycles. The number of nitrogens with one attached hydrogen (secondary N) is 1. The van der Waals surface area contributed by atoms with Crippen molar-refractivity contribution >= 4 is 11.8 Å². The highest BCUT2D eigenvalue weighted by Crippen LogP contribution is 2.18. The molecule has 1 rings (SSSR count). The van der Waals surface area contributed by atoms with E-state index < -0.39 is 0 Å². The van der Waals surface area contributed by atoms with Crippen LogP contribution in [0, 0.1) is 5.92 Å². The Morgan fingerprint density at radius 3 is 2.47 bits per heavy atom. The molecule has 4 nitrogen and oxygen atoms in total. The molecule has 1 aliphatic heterocycles. The van der Waals surface area contributed by atoms with E-state index in [1.54, 1.807) is 4.90 Å². The van der Waals surface area contributed by atoms with Crippen molar-refractivity contribution in [2.24, 2.45) is 5.92 Å². The van der Waals surface area contributed by atoms with Gasteiger partial charge in [-0.1, -0.05) is 46.5 Å². The molecule has 1 N–H and O–H groups in total. The molecule has 1 heterocycles. The molecule has 0 aromatic heterocycles. The largest absolute Gasteiger partial charge is 0.342 e. The molecule has 110 valence electrons. The first-order valence-corrected chi connectivity index (χ1v) is 7.63. The molecule has 1 saturated heterocycles. The fourth-order valence-electron chi connectivity index (χ4n) is 2.48. The van der Waals surface area contributed by atoms with Gasteiger partial charge in [0.05, 0.1) is 0 Å². The lowest BCUT2D eigenvalue weighted by Gasteiger charge is -2.39. The Kier molecular flexibility index (Phi) is 6.32. The standard InChI is InChI=1S/C15H28N2O2/c1-5-7-8-9-10-17-12(4)14(18)16-13(15(17)19)11(3)6-2/h11-13H,5-10H2,1-4H3,(H,16,18). The van der Waals surface area contributed by atoms with Crippen molar-refractivity contribution in [3.8, 4) is 0 Å². The fourth-order valence-corrected chi connectivity index (χ4v) is 2.48. The third kappa shape index (κ3) is 3.95. The van der Waals surface area contributed by atoms with Crippen molar-refractivity contribution in [1.82, 2.24) is 10.2 Å². The molecular weight excluding hydrogens is 240 g/mol. The maximum Gasteiger partial charge on any atom is 0.246 e. The number of rotatable bonds is 7. The van der Waals surface area contributed by atoms with Crippen LogP contribution >= 0.6 is 0 Å². The second kappa shape index (κ2) is 7.51. The molecule has 1 fully saturated rings. The van der Waals surface area contributed by atoms with Gasteiger partial charge in [-0.25, -0.2) is 0 Å². The minimum absolute atomic E-state index is 0.0135. The molecule has 1 aliphatic rings. The number of amides is 2. The van der Waals surface area contributed by atoms with Gasteiger partial charge in [-0.05, 0) is 19.3 Å². The van der Waals surface area contributed by atoms with Crippen molar-refractivity contribution in [3.63, 3.8) is 0 Å². The van der Waals surface area contributed by atoms with Crippen LogP contribution in [0.25, 0.3) is 0 Å². The summed E-state index contributed by atoms with van der Waals surface area (Å²) in [6.07, 6.45) is 5.39. The van der Waals surface area contributed by atoms with Gasteiger partial charge in [-0.2, -0.15) is 0 Å². The Labute approximate surface area is 116 Å². The summed E-state index contributed by atoms with van der Waals surface area (Å²) in [5.41, 5.74) is 0. The van der Waals surface area contributed by atoms with Gasteiger partial charge in [0.1, 0.15) is 12.1 Å². The van der Waals surface area contributed by atoms with Crippen LogP contribution in [0.1, 0.15) is 59.8 Å². The number of unbranched alkanes of at least 4 members (excludes halogenated alkanes) is 3. The van der Waals surface area contributed by atoms with Crippen molar-refractivity contribution in [2.45, 2.75) is 71.9 Å². The topological polar surface area (TPSA) is 49.4 Å². The summed E-state index contributed by atoms with van der Waals surface area (Å²) in [7, 11) is 0. The zero-order valence-electron chi connectivity index (χ0n) is 12.7. The Balaban J connectivity index is 2.64. The van der Waals surface area contributed by atoms with E-state index in [1.165, 1.54) is 12.8 Å². The predicted octanol–water partition coefficient (Wildman–Crippen LogP) is 2.33. The van der Waals surface area contributed by atoms with Gasteiger partial charge in [0, 0.05) is 6.54 Å². The van der Waals surface area contributed by atoms with E-state index in [9.17, 15) is 9.59 Å². The SMILES string of the molecule is CCCCCCN1C(=O)C(C(C)CC)NC(=O)C1C. The number of piperazine rings is 1. The van der Waals surface area contributed by atoms with Crippen LogP contribution in [0.4, 0.5) is 0 Å². The molecule has 3 unspecified atom stereocenters. The van der Waals surface area contributed by atoms with E-state index in [-0.39, 0.29) is 29.8 Å². The average Bonchev–Trinajstić information content (AvgIpc) is 2.41. The van der Waals surface area contributed by atoms with E-state index >= 15 is 0 Å². The van der Waals surface area contributed by atoms with Gasteiger partial charge >= 0.3 is 0 Å². The molecule has 0 radical (unpaired) electrons. The number of carbonyl (C=O) groups is 2. The molecule has 0 aromatic rings. The first-order chi connectivity index (χ1) is 9.02. The normalized spacial score (nSPS) is 25.4. The minimum Gasteiger partial charge on any atom is -0.342 e. The molecular formula is C15H28N2O2. The van der Waals surface area contributed by atoms with E-state index in [0.717, 1.165) is 19.3 Å². The highest BCUT2D eigenvalue weighted by molar-refractivity contribution is 5.96. The lowest BCUT2D eigenvalue weighted by Crippen LogP contribution is -2.64. The van der Waals surface area contributed by atoms with Crippen LogP contribution < -0.4 is 5.32 Å². The van der Waals surface area contributed by atoms with E-state index in [4.69, 9.17) is 0 Å². The lowest BCUT2D eigenvalue weighted by molar-refractivity contribution is -0.150. The zero-order chi connectivity index (χ0) is 14.4. The molecule has 19 heavy (non-hydrogen) atoms. The molecule has 3 atom stereocenters. The molecule has 0 bridgehead atoms. The van der Waals surface area contributed by atoms with Crippen molar-refractivity contribution in [2.75, 3.05) is 6.54 Å². The Bertz CT molecular complexity index is 317.